The summed E-state index contributed by atoms with van der Waals surface area (Å²) in [6.45, 7) is 2.61. The molecule has 0 bridgehead atoms. The lowest BCUT2D eigenvalue weighted by Crippen LogP contribution is -3.00. The molecule has 2 aromatic carbocycles. The van der Waals surface area contributed by atoms with Crippen LogP contribution < -0.4 is 28.0 Å². The van der Waals surface area contributed by atoms with E-state index >= 15 is 0 Å². The van der Waals surface area contributed by atoms with Gasteiger partial charge in [0.1, 0.15) is 11.8 Å². The van der Waals surface area contributed by atoms with Gasteiger partial charge < -0.3 is 22.6 Å². The third kappa shape index (κ3) is 9.63. The first-order valence-electron chi connectivity index (χ1n) is 12.0. The minimum Gasteiger partial charge on any atom is -1.00 e. The summed E-state index contributed by atoms with van der Waals surface area (Å²) < 4.78 is 0. The van der Waals surface area contributed by atoms with Gasteiger partial charge in [0.15, 0.2) is 11.9 Å². The van der Waals surface area contributed by atoms with Gasteiger partial charge in [0.25, 0.3) is 0 Å². The van der Waals surface area contributed by atoms with E-state index in [-0.39, 0.29) is 36.8 Å². The number of ketones is 1. The Kier molecular flexibility index (Phi) is 13.6. The van der Waals surface area contributed by atoms with E-state index in [9.17, 15) is 9.59 Å². The Bertz CT molecular complexity index is 1040. The average Bonchev–Trinajstić information content (AvgIpc) is 3.31. The van der Waals surface area contributed by atoms with Gasteiger partial charge in [0, 0.05) is 31.4 Å². The number of carbonyl (C=O) groups is 2. The fourth-order valence-electron chi connectivity index (χ4n) is 3.91. The van der Waals surface area contributed by atoms with E-state index in [0.29, 0.717) is 31.6 Å². The summed E-state index contributed by atoms with van der Waals surface area (Å²) in [7, 11) is 3.93. The lowest BCUT2D eigenvalue weighted by Gasteiger charge is -2.16. The standard InChI is InChI=1S/C27H36N4O2.2ClH/c1-4-23(32)12-6-5-7-13-24(29-26(33)16-17-31(2)3)27-28-19-25(30-27)22-15-14-20-10-8-9-11-21(20)18-22;;/h8-11,14-15,18-19,24,30H,4-7,12-13,16-17H2,1-3H3,(H,29,33);2*1H/q+1;;/p-1/t24-;;/m0../s1. The summed E-state index contributed by atoms with van der Waals surface area (Å²) >= 11 is 0. The summed E-state index contributed by atoms with van der Waals surface area (Å²) in [6, 6.07) is 14.5. The van der Waals surface area contributed by atoms with Gasteiger partial charge in [0.2, 0.25) is 5.91 Å². The van der Waals surface area contributed by atoms with E-state index in [0.717, 1.165) is 42.8 Å². The number of fused-ring (bicyclic) bond motifs is 1. The fraction of sp³-hybridized carbons (Fsp3) is 0.444. The number of amidine groups is 1. The Morgan fingerprint density at radius 1 is 1.03 bits per heavy atom. The molecule has 0 spiro atoms. The van der Waals surface area contributed by atoms with Gasteiger partial charge in [-0.25, -0.2) is 5.32 Å². The van der Waals surface area contributed by atoms with Gasteiger partial charge in [-0.2, -0.15) is 0 Å². The van der Waals surface area contributed by atoms with Crippen LogP contribution in [-0.4, -0.2) is 49.1 Å². The highest BCUT2D eigenvalue weighted by atomic mass is 35.5. The van der Waals surface area contributed by atoms with Crippen LogP contribution in [0.3, 0.4) is 0 Å². The second-order valence-electron chi connectivity index (χ2n) is 8.91. The molecule has 1 radical (unpaired) electrons. The Labute approximate surface area is 221 Å². The van der Waals surface area contributed by atoms with Crippen LogP contribution in [0.4, 0.5) is 0 Å². The number of rotatable bonds is 13. The Hall–Kier alpha value is -2.41. The van der Waals surface area contributed by atoms with Gasteiger partial charge >= 0.3 is 5.84 Å². The topological polar surface area (TPSA) is 75.5 Å². The first-order valence-corrected chi connectivity index (χ1v) is 12.0. The Morgan fingerprint density at radius 2 is 1.77 bits per heavy atom. The molecule has 3 rings (SSSR count). The van der Waals surface area contributed by atoms with Crippen molar-refractivity contribution in [3.8, 4) is 0 Å². The molecule has 6 nitrogen and oxygen atoms in total. The molecule has 2 N–H and O–H groups in total. The molecule has 1 heterocycles. The molecule has 0 saturated carbocycles. The van der Waals surface area contributed by atoms with E-state index < -0.39 is 0 Å². The number of Topliss-reactive ketones (excluding diaryl/α,β-unsaturated/α-hetero) is 1. The van der Waals surface area contributed by atoms with Crippen LogP contribution in [0.2, 0.25) is 0 Å². The van der Waals surface area contributed by atoms with Gasteiger partial charge in [0.05, 0.1) is 0 Å². The normalized spacial score (nSPS) is 13.3. The molecule has 1 aliphatic heterocycles. The van der Waals surface area contributed by atoms with E-state index in [1.165, 1.54) is 10.8 Å². The molecule has 0 unspecified atom stereocenters. The quantitative estimate of drug-likeness (QED) is 0.390. The van der Waals surface area contributed by atoms with Crippen LogP contribution in [0.25, 0.3) is 16.5 Å². The van der Waals surface area contributed by atoms with Crippen molar-refractivity contribution in [2.75, 3.05) is 20.6 Å². The highest BCUT2D eigenvalue weighted by molar-refractivity contribution is 6.00. The number of aliphatic imine (C=N–C) groups is 1. The van der Waals surface area contributed by atoms with Crippen LogP contribution in [-0.2, 0) is 9.59 Å². The molecule has 0 fully saturated rings. The summed E-state index contributed by atoms with van der Waals surface area (Å²) in [5, 5.41) is 8.99. The number of halogens is 2. The number of hydrogen-bond donors (Lipinski definition) is 2. The highest BCUT2D eigenvalue weighted by Crippen LogP contribution is 2.21. The average molecular weight is 521 g/mol. The van der Waals surface area contributed by atoms with E-state index in [1.807, 2.05) is 44.3 Å². The van der Waals surface area contributed by atoms with Crippen molar-refractivity contribution in [1.29, 1.82) is 0 Å². The van der Waals surface area contributed by atoms with Crippen LogP contribution in [0.15, 0.2) is 48.7 Å². The molecule has 1 aliphatic rings. The summed E-state index contributed by atoms with van der Waals surface area (Å²) in [6.07, 6.45) is 7.13. The molecular weight excluding hydrogens is 483 g/mol. The van der Waals surface area contributed by atoms with Crippen molar-refractivity contribution in [2.24, 2.45) is 0 Å². The maximum Gasteiger partial charge on any atom is 0.319 e. The van der Waals surface area contributed by atoms with E-state index in [2.05, 4.69) is 46.0 Å². The second kappa shape index (κ2) is 15.6. The number of nitrogens with one attached hydrogen (secondary N) is 2. The third-order valence-electron chi connectivity index (χ3n) is 5.95. The molecule has 1 atom stereocenters. The minimum atomic E-state index is -0.171. The Morgan fingerprint density at radius 3 is 2.49 bits per heavy atom. The number of benzene rings is 2. The van der Waals surface area contributed by atoms with Gasteiger partial charge in [-0.1, -0.05) is 50.1 Å². The van der Waals surface area contributed by atoms with Crippen LogP contribution in [0.1, 0.15) is 57.4 Å². The maximum absolute atomic E-state index is 12.5. The number of amides is 1. The molecule has 191 valence electrons. The number of unbranched alkanes of at least 4 members (excludes halogenated alkanes) is 2. The lowest BCUT2D eigenvalue weighted by atomic mass is 10.0. The zero-order valence-electron chi connectivity index (χ0n) is 20.9. The van der Waals surface area contributed by atoms with Crippen molar-refractivity contribution in [3.63, 3.8) is 0 Å². The highest BCUT2D eigenvalue weighted by Gasteiger charge is 2.30. The van der Waals surface area contributed by atoms with E-state index in [1.54, 1.807) is 0 Å². The van der Waals surface area contributed by atoms with E-state index in [4.69, 9.17) is 0 Å². The predicted molar refractivity (Wildman–Crippen MR) is 143 cm³/mol. The first kappa shape index (κ1) is 30.6. The number of nitrogens with zero attached hydrogens (tertiary/aromatic N) is 2. The molecule has 0 aromatic heterocycles. The largest absolute Gasteiger partial charge is 1.00 e. The molecular formula is C27H37Cl2N4O2. The van der Waals surface area contributed by atoms with Gasteiger partial charge in [-0.3, -0.25) is 9.59 Å². The monoisotopic (exact) mass is 519 g/mol. The molecule has 1 amide bonds. The fourth-order valence-corrected chi connectivity index (χ4v) is 3.91. The van der Waals surface area contributed by atoms with Gasteiger partial charge in [-0.05, 0) is 54.8 Å². The predicted octanol–water partition coefficient (Wildman–Crippen LogP) is 1.27. The first-order chi connectivity index (χ1) is 16.0. The summed E-state index contributed by atoms with van der Waals surface area (Å²) in [4.78, 5) is 30.7. The molecule has 2 aromatic rings. The number of carbonyl (C=O) groups excluding carboxylic acids is 2. The van der Waals surface area contributed by atoms with Crippen molar-refractivity contribution in [3.05, 3.63) is 54.2 Å². The second-order valence-corrected chi connectivity index (χ2v) is 8.91. The lowest BCUT2D eigenvalue weighted by molar-refractivity contribution is -0.121. The summed E-state index contributed by atoms with van der Waals surface area (Å²) in [5.74, 6) is 1.12. The smallest absolute Gasteiger partial charge is 0.319 e. The SMILES string of the molecule is CCC(=O)CCCCC[C@H](NC(=O)CCN(C)C)C1=[N+]C=C(c2ccc3ccccc3c2)N1.Cl.[Cl-]. The third-order valence-corrected chi connectivity index (χ3v) is 5.95. The van der Waals surface area contributed by atoms with Crippen molar-refractivity contribution >= 4 is 46.4 Å². The molecule has 8 heteroatoms. The number of hydrogen-bond acceptors (Lipinski definition) is 5. The Balaban J connectivity index is 0.00000306. The van der Waals surface area contributed by atoms with Crippen molar-refractivity contribution in [1.82, 2.24) is 20.5 Å². The van der Waals surface area contributed by atoms with Crippen LogP contribution in [0, 0.1) is 0 Å². The minimum absolute atomic E-state index is 0. The van der Waals surface area contributed by atoms with Gasteiger partial charge in [-0.15, -0.1) is 12.4 Å². The zero-order chi connectivity index (χ0) is 23.6. The van der Waals surface area contributed by atoms with Crippen LogP contribution in [0.5, 0.6) is 0 Å². The molecule has 0 saturated heterocycles. The molecule has 0 aliphatic carbocycles. The summed E-state index contributed by atoms with van der Waals surface area (Å²) in [5.41, 5.74) is 2.01. The molecule has 35 heavy (non-hydrogen) atoms. The van der Waals surface area contributed by atoms with Crippen LogP contribution >= 0.6 is 12.4 Å². The van der Waals surface area contributed by atoms with Crippen molar-refractivity contribution in [2.45, 2.75) is 57.9 Å². The maximum atomic E-state index is 12.5. The van der Waals surface area contributed by atoms with Crippen molar-refractivity contribution < 1.29 is 22.0 Å². The zero-order valence-corrected chi connectivity index (χ0v) is 22.4.